The monoisotopic (exact) mass is 250 g/mol. The Morgan fingerprint density at radius 3 is 2.06 bits per heavy atom. The van der Waals surface area contributed by atoms with Gasteiger partial charge in [-0.1, -0.05) is 18.2 Å². The predicted molar refractivity (Wildman–Crippen MR) is 62.4 cm³/mol. The summed E-state index contributed by atoms with van der Waals surface area (Å²) < 4.78 is 28.5. The van der Waals surface area contributed by atoms with Crippen molar-refractivity contribution in [2.75, 3.05) is 0 Å². The zero-order chi connectivity index (χ0) is 12.3. The zero-order valence-electron chi connectivity index (χ0n) is 8.78. The quantitative estimate of drug-likeness (QED) is 0.848. The van der Waals surface area contributed by atoms with Gasteiger partial charge in [0.05, 0.1) is 0 Å². The average molecular weight is 250 g/mol. The van der Waals surface area contributed by atoms with Crippen molar-refractivity contribution in [3.63, 3.8) is 0 Å². The summed E-state index contributed by atoms with van der Waals surface area (Å²) >= 11 is 0. The third kappa shape index (κ3) is 2.76. The molecule has 0 fully saturated rings. The third-order valence-corrected chi connectivity index (χ3v) is 3.34. The molecule has 0 aliphatic rings. The molecule has 1 N–H and O–H groups in total. The highest BCUT2D eigenvalue weighted by atomic mass is 32.2. The summed E-state index contributed by atoms with van der Waals surface area (Å²) in [6.07, 6.45) is 0. The van der Waals surface area contributed by atoms with Crippen LogP contribution >= 0.6 is 0 Å². The molecule has 17 heavy (non-hydrogen) atoms. The fourth-order valence-electron chi connectivity index (χ4n) is 1.26. The number of benzene rings is 2. The van der Waals surface area contributed by atoms with Crippen LogP contribution < -0.4 is 4.18 Å². The molecule has 0 amide bonds. The standard InChI is InChI=1S/C12H10O4S/c13-10-6-8-12(9-7-10)17(14,15)16-11-4-2-1-3-5-11/h1-9,13H. The van der Waals surface area contributed by atoms with E-state index in [4.69, 9.17) is 9.29 Å². The van der Waals surface area contributed by atoms with Crippen LogP contribution in [0.2, 0.25) is 0 Å². The molecule has 2 aromatic carbocycles. The van der Waals surface area contributed by atoms with E-state index in [9.17, 15) is 8.42 Å². The van der Waals surface area contributed by atoms with Crippen molar-refractivity contribution in [3.8, 4) is 11.5 Å². The summed E-state index contributed by atoms with van der Waals surface area (Å²) in [6.45, 7) is 0. The first-order valence-electron chi connectivity index (χ1n) is 4.86. The summed E-state index contributed by atoms with van der Waals surface area (Å²) in [4.78, 5) is -0.000784. The zero-order valence-corrected chi connectivity index (χ0v) is 9.59. The van der Waals surface area contributed by atoms with Crippen LogP contribution in [0.4, 0.5) is 0 Å². The molecular formula is C12H10O4S. The molecule has 0 radical (unpaired) electrons. The molecule has 5 heteroatoms. The first-order chi connectivity index (χ1) is 8.08. The maximum absolute atomic E-state index is 11.8. The molecular weight excluding hydrogens is 240 g/mol. The number of rotatable bonds is 3. The molecule has 0 aromatic heterocycles. The maximum atomic E-state index is 11.8. The Bertz CT molecular complexity index is 588. The molecule has 0 saturated heterocycles. The topological polar surface area (TPSA) is 63.6 Å². The molecule has 2 aromatic rings. The van der Waals surface area contributed by atoms with E-state index >= 15 is 0 Å². The van der Waals surface area contributed by atoms with Gasteiger partial charge in [-0.05, 0) is 36.4 Å². The van der Waals surface area contributed by atoms with E-state index in [1.165, 1.54) is 24.3 Å². The van der Waals surface area contributed by atoms with Crippen molar-refractivity contribution >= 4 is 10.1 Å². The highest BCUT2D eigenvalue weighted by molar-refractivity contribution is 7.87. The van der Waals surface area contributed by atoms with Crippen molar-refractivity contribution in [1.29, 1.82) is 0 Å². The van der Waals surface area contributed by atoms with Crippen molar-refractivity contribution in [2.24, 2.45) is 0 Å². The van der Waals surface area contributed by atoms with Gasteiger partial charge < -0.3 is 9.29 Å². The molecule has 0 saturated carbocycles. The highest BCUT2D eigenvalue weighted by Crippen LogP contribution is 2.19. The number of aromatic hydroxyl groups is 1. The van der Waals surface area contributed by atoms with E-state index in [0.717, 1.165) is 0 Å². The highest BCUT2D eigenvalue weighted by Gasteiger charge is 2.15. The lowest BCUT2D eigenvalue weighted by molar-refractivity contribution is 0.473. The van der Waals surface area contributed by atoms with Crippen molar-refractivity contribution in [2.45, 2.75) is 4.90 Å². The molecule has 0 aliphatic heterocycles. The van der Waals surface area contributed by atoms with E-state index in [1.807, 2.05) is 0 Å². The van der Waals surface area contributed by atoms with Crippen LogP contribution in [0.3, 0.4) is 0 Å². The van der Waals surface area contributed by atoms with Crippen LogP contribution in [0.25, 0.3) is 0 Å². The number of para-hydroxylation sites is 1. The SMILES string of the molecule is O=S(=O)(Oc1ccccc1)c1ccc(O)cc1. The summed E-state index contributed by atoms with van der Waals surface area (Å²) in [7, 11) is -3.84. The van der Waals surface area contributed by atoms with Crippen molar-refractivity contribution in [1.82, 2.24) is 0 Å². The number of phenols is 1. The summed E-state index contributed by atoms with van der Waals surface area (Å²) in [6, 6.07) is 13.4. The van der Waals surface area contributed by atoms with E-state index < -0.39 is 10.1 Å². The van der Waals surface area contributed by atoms with E-state index in [0.29, 0.717) is 0 Å². The largest absolute Gasteiger partial charge is 0.508 e. The fraction of sp³-hybridized carbons (Fsp3) is 0. The molecule has 0 spiro atoms. The molecule has 4 nitrogen and oxygen atoms in total. The number of hydrogen-bond donors (Lipinski definition) is 1. The van der Waals surface area contributed by atoms with Gasteiger partial charge in [0, 0.05) is 0 Å². The van der Waals surface area contributed by atoms with E-state index in [-0.39, 0.29) is 16.4 Å². The van der Waals surface area contributed by atoms with Gasteiger partial charge in [0.15, 0.2) is 0 Å². The fourth-order valence-corrected chi connectivity index (χ4v) is 2.19. The van der Waals surface area contributed by atoms with Gasteiger partial charge in [-0.15, -0.1) is 0 Å². The van der Waals surface area contributed by atoms with Crippen molar-refractivity contribution in [3.05, 3.63) is 54.6 Å². The van der Waals surface area contributed by atoms with Gasteiger partial charge in [0.2, 0.25) is 0 Å². The predicted octanol–water partition coefficient (Wildman–Crippen LogP) is 2.16. The second-order valence-electron chi connectivity index (χ2n) is 3.34. The Kier molecular flexibility index (Phi) is 3.01. The summed E-state index contributed by atoms with van der Waals surface area (Å²) in [5.74, 6) is 0.254. The molecule has 0 heterocycles. The van der Waals surface area contributed by atoms with Crippen molar-refractivity contribution < 1.29 is 17.7 Å². The maximum Gasteiger partial charge on any atom is 0.339 e. The van der Waals surface area contributed by atoms with Crippen LogP contribution in [-0.2, 0) is 10.1 Å². The van der Waals surface area contributed by atoms with Crippen LogP contribution in [0, 0.1) is 0 Å². The molecule has 88 valence electrons. The Balaban J connectivity index is 2.29. The van der Waals surface area contributed by atoms with Crippen LogP contribution in [0.1, 0.15) is 0 Å². The molecule has 0 bridgehead atoms. The minimum atomic E-state index is -3.84. The molecule has 0 unspecified atom stereocenters. The van der Waals surface area contributed by atoms with Gasteiger partial charge in [0.25, 0.3) is 0 Å². The lowest BCUT2D eigenvalue weighted by atomic mass is 10.3. The second-order valence-corrected chi connectivity index (χ2v) is 4.89. The number of phenolic OH excluding ortho intramolecular Hbond substituents is 1. The normalized spacial score (nSPS) is 11.1. The van der Waals surface area contributed by atoms with Gasteiger partial charge in [-0.25, -0.2) is 0 Å². The van der Waals surface area contributed by atoms with Gasteiger partial charge in [0.1, 0.15) is 16.4 Å². The lowest BCUT2D eigenvalue weighted by Crippen LogP contribution is -2.09. The van der Waals surface area contributed by atoms with Gasteiger partial charge >= 0.3 is 10.1 Å². The smallest absolute Gasteiger partial charge is 0.339 e. The third-order valence-electron chi connectivity index (χ3n) is 2.07. The van der Waals surface area contributed by atoms with E-state index in [1.54, 1.807) is 30.3 Å². The minimum Gasteiger partial charge on any atom is -0.508 e. The lowest BCUT2D eigenvalue weighted by Gasteiger charge is -2.06. The van der Waals surface area contributed by atoms with Gasteiger partial charge in [-0.2, -0.15) is 8.42 Å². The Morgan fingerprint density at radius 1 is 0.882 bits per heavy atom. The number of hydrogen-bond acceptors (Lipinski definition) is 4. The van der Waals surface area contributed by atoms with E-state index in [2.05, 4.69) is 0 Å². The van der Waals surface area contributed by atoms with Gasteiger partial charge in [-0.3, -0.25) is 0 Å². The Morgan fingerprint density at radius 2 is 1.47 bits per heavy atom. The minimum absolute atomic E-state index is 0.000784. The van der Waals surface area contributed by atoms with Crippen LogP contribution in [-0.4, -0.2) is 13.5 Å². The Hall–Kier alpha value is -2.01. The first-order valence-corrected chi connectivity index (χ1v) is 6.27. The molecule has 0 aliphatic carbocycles. The average Bonchev–Trinajstić information content (AvgIpc) is 2.30. The first kappa shape index (κ1) is 11.5. The molecule has 0 atom stereocenters. The van der Waals surface area contributed by atoms with Crippen LogP contribution in [0.5, 0.6) is 11.5 Å². The summed E-state index contributed by atoms with van der Waals surface area (Å²) in [5.41, 5.74) is 0. The molecule has 2 rings (SSSR count). The van der Waals surface area contributed by atoms with Crippen LogP contribution in [0.15, 0.2) is 59.5 Å². The summed E-state index contributed by atoms with van der Waals surface area (Å²) in [5, 5.41) is 9.08. The second kappa shape index (κ2) is 4.47. The Labute approximate surface area is 99.2 Å².